The van der Waals surface area contributed by atoms with Crippen molar-refractivity contribution in [3.63, 3.8) is 0 Å². The average Bonchev–Trinajstić information content (AvgIpc) is 3.38. The van der Waals surface area contributed by atoms with E-state index in [1.807, 2.05) is 0 Å². The van der Waals surface area contributed by atoms with E-state index in [0.717, 1.165) is 102 Å². The number of hydrogen-bond acceptors (Lipinski definition) is 15. The fourth-order valence-corrected chi connectivity index (χ4v) is 10.3. The minimum atomic E-state index is -4.94. The molecule has 2 unspecified atom stereocenters. The molecular weight excluding hydrogens is 1050 g/mol. The van der Waals surface area contributed by atoms with Crippen molar-refractivity contribution in [1.29, 1.82) is 0 Å². The zero-order valence-corrected chi connectivity index (χ0v) is 52.8. The van der Waals surface area contributed by atoms with Gasteiger partial charge in [-0.1, -0.05) is 229 Å². The summed E-state index contributed by atoms with van der Waals surface area (Å²) in [6.07, 6.45) is 28.5. The number of rotatable bonds is 57. The summed E-state index contributed by atoms with van der Waals surface area (Å²) in [4.78, 5) is 71.9. The molecule has 0 saturated carbocycles. The van der Waals surface area contributed by atoms with Gasteiger partial charge in [0.1, 0.15) is 19.3 Å². The van der Waals surface area contributed by atoms with E-state index < -0.39 is 97.5 Å². The summed E-state index contributed by atoms with van der Waals surface area (Å²) in [6, 6.07) is 0. The fraction of sp³-hybridized carbons (Fsp3) is 0.933. The van der Waals surface area contributed by atoms with E-state index in [2.05, 4.69) is 55.4 Å². The molecule has 5 atom stereocenters. The van der Waals surface area contributed by atoms with E-state index in [-0.39, 0.29) is 25.7 Å². The quantitative estimate of drug-likeness (QED) is 0.0222. The van der Waals surface area contributed by atoms with E-state index in [1.54, 1.807) is 0 Å². The van der Waals surface area contributed by atoms with Gasteiger partial charge in [-0.2, -0.15) is 0 Å². The molecule has 0 aromatic rings. The van der Waals surface area contributed by atoms with Gasteiger partial charge >= 0.3 is 39.5 Å². The summed E-state index contributed by atoms with van der Waals surface area (Å²) in [7, 11) is -9.88. The topological polar surface area (TPSA) is 237 Å². The smallest absolute Gasteiger partial charge is 0.462 e. The van der Waals surface area contributed by atoms with Gasteiger partial charge in [0.25, 0.3) is 0 Å². The monoisotopic (exact) mass is 1170 g/mol. The molecule has 17 nitrogen and oxygen atoms in total. The Kier molecular flexibility index (Phi) is 49.3. The number of carbonyl (C=O) groups is 4. The summed E-state index contributed by atoms with van der Waals surface area (Å²) in [5.41, 5.74) is 0. The predicted molar refractivity (Wildman–Crippen MR) is 312 cm³/mol. The second-order valence-corrected chi connectivity index (χ2v) is 26.5. The number of unbranched alkanes of at least 4 members (excludes halogenated alkanes) is 23. The molecule has 0 aliphatic heterocycles. The van der Waals surface area contributed by atoms with Crippen LogP contribution in [0.3, 0.4) is 0 Å². The molecule has 0 bridgehead atoms. The van der Waals surface area contributed by atoms with Crippen molar-refractivity contribution in [2.75, 3.05) is 39.6 Å². The predicted octanol–water partition coefficient (Wildman–Crippen LogP) is 15.8. The summed E-state index contributed by atoms with van der Waals surface area (Å²) in [6.45, 7) is 13.8. The molecule has 0 aromatic heterocycles. The van der Waals surface area contributed by atoms with Gasteiger partial charge in [-0.25, -0.2) is 9.13 Å². The van der Waals surface area contributed by atoms with Crippen molar-refractivity contribution in [2.24, 2.45) is 23.7 Å². The zero-order chi connectivity index (χ0) is 59.0. The van der Waals surface area contributed by atoms with E-state index in [1.165, 1.54) is 77.0 Å². The number of phosphoric acid groups is 2. The fourth-order valence-electron chi connectivity index (χ4n) is 8.72. The third kappa shape index (κ3) is 55.0. The molecule has 79 heavy (non-hydrogen) atoms. The standard InChI is InChI=1S/C60H116O17P2/c1-50(2)36-28-20-12-9-10-14-24-32-40-57(62)70-46-56(77-60(65)43-35-27-19-17-23-31-39-53(7)8)49-75-79(68,69)73-45-54(61)44-72-78(66,67)74-48-55(47-71-58(63)41-33-25-18-16-22-30-38-52(5)6)76-59(64)42-34-26-15-11-13-21-29-37-51(3)4/h50-56,61H,9-49H2,1-8H3,(H,66,67)(H,68,69)/t54-,55+,56+/m0/s1. The SMILES string of the molecule is CC(C)CCCCCCCCCCC(=O)OC[C@H](COP(=O)(O)OC[C@@H](O)COP(=O)(O)OC[C@@H](COC(=O)CCCCCCCCC(C)C)OC(=O)CCCCCCCCCC(C)C)OC(=O)CCCCCCCCC(C)C. The number of hydrogen-bond donors (Lipinski definition) is 3. The van der Waals surface area contributed by atoms with E-state index >= 15 is 0 Å². The molecule has 0 radical (unpaired) electrons. The largest absolute Gasteiger partial charge is 0.472 e. The Morgan fingerprint density at radius 3 is 0.785 bits per heavy atom. The lowest BCUT2D eigenvalue weighted by atomic mass is 10.0. The van der Waals surface area contributed by atoms with Gasteiger partial charge in [0.15, 0.2) is 12.2 Å². The molecule has 0 heterocycles. The van der Waals surface area contributed by atoms with Crippen LogP contribution in [0.1, 0.15) is 280 Å². The Hall–Kier alpha value is -1.94. The molecule has 0 aromatic carbocycles. The van der Waals surface area contributed by atoms with Crippen LogP contribution in [-0.4, -0.2) is 96.7 Å². The molecule has 0 amide bonds. The van der Waals surface area contributed by atoms with E-state index in [0.29, 0.717) is 43.4 Å². The summed E-state index contributed by atoms with van der Waals surface area (Å²) >= 11 is 0. The highest BCUT2D eigenvalue weighted by Crippen LogP contribution is 2.45. The van der Waals surface area contributed by atoms with Gasteiger partial charge in [0, 0.05) is 25.7 Å². The van der Waals surface area contributed by atoms with Gasteiger partial charge in [-0.15, -0.1) is 0 Å². The van der Waals surface area contributed by atoms with Gasteiger partial charge < -0.3 is 33.8 Å². The highest BCUT2D eigenvalue weighted by molar-refractivity contribution is 7.47. The number of aliphatic hydroxyl groups excluding tert-OH is 1. The maximum absolute atomic E-state index is 12.9. The van der Waals surface area contributed by atoms with Crippen molar-refractivity contribution in [3.8, 4) is 0 Å². The van der Waals surface area contributed by atoms with Gasteiger partial charge in [-0.05, 0) is 49.4 Å². The first-order chi connectivity index (χ1) is 37.6. The number of phosphoric ester groups is 2. The summed E-state index contributed by atoms with van der Waals surface area (Å²) in [5, 5.41) is 10.5. The lowest BCUT2D eigenvalue weighted by Gasteiger charge is -2.21. The lowest BCUT2D eigenvalue weighted by molar-refractivity contribution is -0.161. The van der Waals surface area contributed by atoms with Crippen LogP contribution in [0.4, 0.5) is 0 Å². The van der Waals surface area contributed by atoms with Crippen LogP contribution in [-0.2, 0) is 65.4 Å². The molecule has 0 saturated heterocycles. The molecule has 3 N–H and O–H groups in total. The normalized spacial score (nSPS) is 14.6. The number of ether oxygens (including phenoxy) is 4. The van der Waals surface area contributed by atoms with Gasteiger partial charge in [-0.3, -0.25) is 37.3 Å². The molecular formula is C60H116O17P2. The Morgan fingerprint density at radius 2 is 0.532 bits per heavy atom. The van der Waals surface area contributed by atoms with Crippen LogP contribution < -0.4 is 0 Å². The summed E-state index contributed by atoms with van der Waals surface area (Å²) in [5.74, 6) is 0.619. The molecule has 0 aliphatic rings. The number of carbonyl (C=O) groups excluding carboxylic acids is 4. The van der Waals surface area contributed by atoms with Crippen LogP contribution >= 0.6 is 15.6 Å². The number of esters is 4. The van der Waals surface area contributed by atoms with Crippen LogP contribution in [0.15, 0.2) is 0 Å². The Bertz CT molecular complexity index is 1590. The van der Waals surface area contributed by atoms with E-state index in [4.69, 9.17) is 37.0 Å². The lowest BCUT2D eigenvalue weighted by Crippen LogP contribution is -2.30. The molecule has 0 spiro atoms. The Labute approximate surface area is 479 Å². The first kappa shape index (κ1) is 77.1. The van der Waals surface area contributed by atoms with Gasteiger partial charge in [0.2, 0.25) is 0 Å². The van der Waals surface area contributed by atoms with Crippen molar-refractivity contribution in [3.05, 3.63) is 0 Å². The third-order valence-corrected chi connectivity index (χ3v) is 15.5. The molecule has 0 rings (SSSR count). The van der Waals surface area contributed by atoms with Crippen LogP contribution in [0.25, 0.3) is 0 Å². The van der Waals surface area contributed by atoms with Crippen LogP contribution in [0.5, 0.6) is 0 Å². The highest BCUT2D eigenvalue weighted by atomic mass is 31.2. The second-order valence-electron chi connectivity index (χ2n) is 23.6. The van der Waals surface area contributed by atoms with Crippen molar-refractivity contribution >= 4 is 39.5 Å². The molecule has 468 valence electrons. The van der Waals surface area contributed by atoms with E-state index in [9.17, 15) is 43.2 Å². The van der Waals surface area contributed by atoms with Crippen LogP contribution in [0.2, 0.25) is 0 Å². The highest BCUT2D eigenvalue weighted by Gasteiger charge is 2.30. The molecule has 19 heteroatoms. The van der Waals surface area contributed by atoms with Crippen LogP contribution in [0, 0.1) is 23.7 Å². The average molecular weight is 1170 g/mol. The minimum Gasteiger partial charge on any atom is -0.462 e. The first-order valence-electron chi connectivity index (χ1n) is 31.2. The van der Waals surface area contributed by atoms with Crippen molar-refractivity contribution in [1.82, 2.24) is 0 Å². The maximum atomic E-state index is 12.9. The first-order valence-corrected chi connectivity index (χ1v) is 34.2. The third-order valence-electron chi connectivity index (χ3n) is 13.6. The Morgan fingerprint density at radius 1 is 0.316 bits per heavy atom. The van der Waals surface area contributed by atoms with Crippen molar-refractivity contribution in [2.45, 2.75) is 298 Å². The molecule has 0 aliphatic carbocycles. The zero-order valence-electron chi connectivity index (χ0n) is 51.0. The second kappa shape index (κ2) is 50.6. The Balaban J connectivity index is 5.24. The minimum absolute atomic E-state index is 0.101. The van der Waals surface area contributed by atoms with Crippen molar-refractivity contribution < 1.29 is 80.2 Å². The molecule has 0 fully saturated rings. The number of aliphatic hydroxyl groups is 1. The van der Waals surface area contributed by atoms with Gasteiger partial charge in [0.05, 0.1) is 26.4 Å². The summed E-state index contributed by atoms with van der Waals surface area (Å²) < 4.78 is 67.7. The maximum Gasteiger partial charge on any atom is 0.472 e.